The smallest absolute Gasteiger partial charge is 0.0644 e. The second kappa shape index (κ2) is 4.67. The number of aryl methyl sites for hydroxylation is 2. The van der Waals surface area contributed by atoms with Crippen LogP contribution in [0.5, 0.6) is 0 Å². The van der Waals surface area contributed by atoms with Gasteiger partial charge < -0.3 is 5.11 Å². The van der Waals surface area contributed by atoms with Gasteiger partial charge in [-0.2, -0.15) is 0 Å². The molecular formula is C16H23NO. The van der Waals surface area contributed by atoms with E-state index in [0.717, 1.165) is 32.5 Å². The van der Waals surface area contributed by atoms with E-state index < -0.39 is 5.60 Å². The highest BCUT2D eigenvalue weighted by Gasteiger charge is 2.27. The third-order valence-corrected chi connectivity index (χ3v) is 4.50. The summed E-state index contributed by atoms with van der Waals surface area (Å²) in [6, 6.07) is 7.00. The first-order chi connectivity index (χ1) is 8.62. The predicted molar refractivity (Wildman–Crippen MR) is 73.6 cm³/mol. The Morgan fingerprint density at radius 2 is 1.89 bits per heavy atom. The molecule has 1 aliphatic carbocycles. The third-order valence-electron chi connectivity index (χ3n) is 4.50. The summed E-state index contributed by atoms with van der Waals surface area (Å²) in [6.07, 6.45) is 5.65. The Labute approximate surface area is 110 Å². The lowest BCUT2D eigenvalue weighted by atomic mass is 9.93. The summed E-state index contributed by atoms with van der Waals surface area (Å²) in [5, 5.41) is 9.96. The van der Waals surface area contributed by atoms with E-state index in [1.165, 1.54) is 24.8 Å². The van der Waals surface area contributed by atoms with Gasteiger partial charge in [0.15, 0.2) is 0 Å². The monoisotopic (exact) mass is 245 g/mol. The van der Waals surface area contributed by atoms with Crippen LogP contribution < -0.4 is 0 Å². The molecule has 0 saturated carbocycles. The van der Waals surface area contributed by atoms with Crippen molar-refractivity contribution in [2.75, 3.05) is 13.1 Å². The van der Waals surface area contributed by atoms with E-state index in [9.17, 15) is 5.11 Å². The molecule has 2 heteroatoms. The van der Waals surface area contributed by atoms with E-state index in [0.29, 0.717) is 0 Å². The van der Waals surface area contributed by atoms with Crippen molar-refractivity contribution in [1.29, 1.82) is 0 Å². The Morgan fingerprint density at radius 3 is 2.67 bits per heavy atom. The highest BCUT2D eigenvalue weighted by Crippen LogP contribution is 2.25. The molecule has 0 amide bonds. The molecule has 0 radical (unpaired) electrons. The Hall–Kier alpha value is -0.860. The topological polar surface area (TPSA) is 23.5 Å². The first-order valence-electron chi connectivity index (χ1n) is 7.18. The highest BCUT2D eigenvalue weighted by molar-refractivity contribution is 5.35. The summed E-state index contributed by atoms with van der Waals surface area (Å²) in [5.41, 5.74) is 4.13. The van der Waals surface area contributed by atoms with Crippen LogP contribution in [0.4, 0.5) is 0 Å². The van der Waals surface area contributed by atoms with Crippen molar-refractivity contribution in [2.24, 2.45) is 0 Å². The third kappa shape index (κ3) is 2.60. The summed E-state index contributed by atoms with van der Waals surface area (Å²) in [5.74, 6) is 0. The van der Waals surface area contributed by atoms with Crippen LogP contribution in [-0.4, -0.2) is 28.7 Å². The van der Waals surface area contributed by atoms with E-state index >= 15 is 0 Å². The van der Waals surface area contributed by atoms with Crippen molar-refractivity contribution in [1.82, 2.24) is 4.90 Å². The molecule has 2 aliphatic rings. The number of likely N-dealkylation sites (tertiary alicyclic amines) is 1. The van der Waals surface area contributed by atoms with Crippen LogP contribution in [0.15, 0.2) is 18.2 Å². The summed E-state index contributed by atoms with van der Waals surface area (Å²) in [6.45, 7) is 5.04. The Balaban J connectivity index is 1.63. The first kappa shape index (κ1) is 12.2. The summed E-state index contributed by atoms with van der Waals surface area (Å²) in [4.78, 5) is 2.47. The largest absolute Gasteiger partial charge is 0.390 e. The lowest BCUT2D eigenvalue weighted by molar-refractivity contribution is -0.00730. The predicted octanol–water partition coefficient (Wildman–Crippen LogP) is 2.52. The normalized spacial score (nSPS) is 23.0. The Morgan fingerprint density at radius 1 is 1.17 bits per heavy atom. The lowest BCUT2D eigenvalue weighted by Gasteiger charge is -2.35. The van der Waals surface area contributed by atoms with Crippen LogP contribution in [0.25, 0.3) is 0 Å². The highest BCUT2D eigenvalue weighted by atomic mass is 16.3. The van der Waals surface area contributed by atoms with Gasteiger partial charge in [-0.25, -0.2) is 0 Å². The zero-order chi connectivity index (χ0) is 12.6. The second-order valence-corrected chi connectivity index (χ2v) is 6.23. The average molecular weight is 245 g/mol. The lowest BCUT2D eigenvalue weighted by Crippen LogP contribution is -2.41. The van der Waals surface area contributed by atoms with Crippen LogP contribution in [0.1, 0.15) is 42.9 Å². The van der Waals surface area contributed by atoms with Crippen molar-refractivity contribution in [3.05, 3.63) is 34.9 Å². The van der Waals surface area contributed by atoms with Gasteiger partial charge in [0.25, 0.3) is 0 Å². The van der Waals surface area contributed by atoms with E-state index in [2.05, 4.69) is 23.1 Å². The number of nitrogens with zero attached hydrogens (tertiary/aromatic N) is 1. The van der Waals surface area contributed by atoms with E-state index in [1.54, 1.807) is 11.1 Å². The number of piperidine rings is 1. The van der Waals surface area contributed by atoms with Gasteiger partial charge in [-0.1, -0.05) is 18.2 Å². The fourth-order valence-corrected chi connectivity index (χ4v) is 3.17. The van der Waals surface area contributed by atoms with Crippen molar-refractivity contribution in [3.63, 3.8) is 0 Å². The summed E-state index contributed by atoms with van der Waals surface area (Å²) in [7, 11) is 0. The standard InChI is InChI=1S/C16H23NO/c1-16(18)7-9-17(10-8-16)12-13-5-6-14-3-2-4-15(14)11-13/h5-6,11,18H,2-4,7-10,12H2,1H3. The maximum atomic E-state index is 9.96. The molecule has 0 bridgehead atoms. The SMILES string of the molecule is CC1(O)CCN(Cc2ccc3c(c2)CCC3)CC1. The molecule has 3 rings (SSSR count). The average Bonchev–Trinajstić information content (AvgIpc) is 2.79. The van der Waals surface area contributed by atoms with Crippen LogP contribution in [-0.2, 0) is 19.4 Å². The minimum atomic E-state index is -0.436. The van der Waals surface area contributed by atoms with Crippen LogP contribution in [0.3, 0.4) is 0 Å². The maximum absolute atomic E-state index is 9.96. The molecule has 1 aromatic carbocycles. The first-order valence-corrected chi connectivity index (χ1v) is 7.18. The molecule has 0 atom stereocenters. The zero-order valence-corrected chi connectivity index (χ0v) is 11.3. The number of aliphatic hydroxyl groups is 1. The van der Waals surface area contributed by atoms with Gasteiger partial charge in [-0.15, -0.1) is 0 Å². The number of rotatable bonds is 2. The molecule has 98 valence electrons. The van der Waals surface area contributed by atoms with E-state index in [1.807, 2.05) is 6.92 Å². The van der Waals surface area contributed by atoms with Gasteiger partial charge in [0, 0.05) is 19.6 Å². The molecular weight excluding hydrogens is 222 g/mol. The van der Waals surface area contributed by atoms with Gasteiger partial charge >= 0.3 is 0 Å². The van der Waals surface area contributed by atoms with Crippen molar-refractivity contribution in [2.45, 2.75) is 51.2 Å². The Kier molecular flexibility index (Phi) is 3.16. The molecule has 1 fully saturated rings. The van der Waals surface area contributed by atoms with Gasteiger partial charge in [0.1, 0.15) is 0 Å². The number of hydrogen-bond donors (Lipinski definition) is 1. The molecule has 2 nitrogen and oxygen atoms in total. The molecule has 1 aromatic rings. The van der Waals surface area contributed by atoms with Crippen molar-refractivity contribution < 1.29 is 5.11 Å². The summed E-state index contributed by atoms with van der Waals surface area (Å²) >= 11 is 0. The number of benzene rings is 1. The van der Waals surface area contributed by atoms with Gasteiger partial charge in [-0.3, -0.25) is 4.90 Å². The van der Waals surface area contributed by atoms with Crippen LogP contribution in [0.2, 0.25) is 0 Å². The van der Waals surface area contributed by atoms with Crippen molar-refractivity contribution >= 4 is 0 Å². The Bertz CT molecular complexity index is 429. The quantitative estimate of drug-likeness (QED) is 0.865. The van der Waals surface area contributed by atoms with Gasteiger partial charge in [0.2, 0.25) is 0 Å². The molecule has 1 N–H and O–H groups in total. The minimum Gasteiger partial charge on any atom is -0.390 e. The van der Waals surface area contributed by atoms with Crippen LogP contribution in [0, 0.1) is 0 Å². The number of fused-ring (bicyclic) bond motifs is 1. The van der Waals surface area contributed by atoms with Gasteiger partial charge in [-0.05, 0) is 55.7 Å². The second-order valence-electron chi connectivity index (χ2n) is 6.23. The molecule has 1 saturated heterocycles. The van der Waals surface area contributed by atoms with Crippen molar-refractivity contribution in [3.8, 4) is 0 Å². The molecule has 1 heterocycles. The van der Waals surface area contributed by atoms with Crippen LogP contribution >= 0.6 is 0 Å². The molecule has 1 aliphatic heterocycles. The zero-order valence-electron chi connectivity index (χ0n) is 11.3. The molecule has 0 aromatic heterocycles. The molecule has 0 unspecified atom stereocenters. The fraction of sp³-hybridized carbons (Fsp3) is 0.625. The molecule has 0 spiro atoms. The summed E-state index contributed by atoms with van der Waals surface area (Å²) < 4.78 is 0. The molecule has 18 heavy (non-hydrogen) atoms. The minimum absolute atomic E-state index is 0.436. The van der Waals surface area contributed by atoms with Gasteiger partial charge in [0.05, 0.1) is 5.60 Å². The van der Waals surface area contributed by atoms with E-state index in [-0.39, 0.29) is 0 Å². The number of hydrogen-bond acceptors (Lipinski definition) is 2. The maximum Gasteiger partial charge on any atom is 0.0644 e. The fourth-order valence-electron chi connectivity index (χ4n) is 3.17. The van der Waals surface area contributed by atoms with E-state index in [4.69, 9.17) is 0 Å².